The van der Waals surface area contributed by atoms with E-state index in [9.17, 15) is 14.4 Å². The summed E-state index contributed by atoms with van der Waals surface area (Å²) in [6.07, 6.45) is 1.42. The Morgan fingerprint density at radius 1 is 1.19 bits per heavy atom. The van der Waals surface area contributed by atoms with Crippen LogP contribution < -0.4 is 0 Å². The highest BCUT2D eigenvalue weighted by Crippen LogP contribution is 2.27. The molecule has 1 aliphatic rings. The number of fused-ring (bicyclic) bond motifs is 1. The molecule has 0 bridgehead atoms. The maximum Gasteiger partial charge on any atom is 0.401 e. The van der Waals surface area contributed by atoms with Crippen LogP contribution in [0.5, 0.6) is 0 Å². The number of benzene rings is 1. The second-order valence-corrected chi connectivity index (χ2v) is 5.78. The lowest BCUT2D eigenvalue weighted by molar-refractivity contribution is -0.0607. The number of carbonyl (C=O) groups is 3. The van der Waals surface area contributed by atoms with Gasteiger partial charge in [-0.1, -0.05) is 34.0 Å². The number of aryl methyl sites for hydroxylation is 1. The van der Waals surface area contributed by atoms with E-state index < -0.39 is 17.8 Å². The molecular weight excluding hydrogens is 364 g/mol. The van der Waals surface area contributed by atoms with E-state index in [2.05, 4.69) is 10.3 Å². The second kappa shape index (κ2) is 5.81. The summed E-state index contributed by atoms with van der Waals surface area (Å²) in [4.78, 5) is 41.6. The molecular formula is C16H9ClN4O5. The molecule has 0 spiro atoms. The summed E-state index contributed by atoms with van der Waals surface area (Å²) >= 11 is 6.02. The Bertz CT molecular complexity index is 1020. The third-order valence-electron chi connectivity index (χ3n) is 3.78. The van der Waals surface area contributed by atoms with Crippen LogP contribution in [0.1, 0.15) is 31.3 Å². The van der Waals surface area contributed by atoms with Gasteiger partial charge in [-0.05, 0) is 12.1 Å². The molecule has 0 aliphatic carbocycles. The fraction of sp³-hybridized carbons (Fsp3) is 0.0625. The van der Waals surface area contributed by atoms with E-state index in [0.29, 0.717) is 15.8 Å². The zero-order valence-electron chi connectivity index (χ0n) is 13.2. The molecule has 9 nitrogen and oxygen atoms in total. The largest absolute Gasteiger partial charge is 0.401 e. The number of amides is 2. The Hall–Kier alpha value is -3.46. The maximum absolute atomic E-state index is 12.2. The zero-order valence-corrected chi connectivity index (χ0v) is 13.9. The molecule has 0 saturated carbocycles. The molecule has 2 aromatic heterocycles. The lowest BCUT2D eigenvalue weighted by Gasteiger charge is -2.10. The van der Waals surface area contributed by atoms with Gasteiger partial charge in [-0.3, -0.25) is 14.3 Å². The second-order valence-electron chi connectivity index (χ2n) is 5.37. The fourth-order valence-corrected chi connectivity index (χ4v) is 2.82. The third-order valence-corrected chi connectivity index (χ3v) is 4.06. The quantitative estimate of drug-likeness (QED) is 0.648. The standard InChI is InChI=1S/C16H9ClN4O5/c1-20-13(10(17)7-18-20)11-6-12(25-19-11)16(24)26-21-14(22)8-4-2-3-5-9(8)15(21)23/h2-7H,1H3. The highest BCUT2D eigenvalue weighted by Gasteiger charge is 2.39. The summed E-state index contributed by atoms with van der Waals surface area (Å²) in [6.45, 7) is 0. The van der Waals surface area contributed by atoms with Crippen LogP contribution in [0, 0.1) is 0 Å². The Labute approximate surface area is 150 Å². The van der Waals surface area contributed by atoms with E-state index in [1.54, 1.807) is 19.2 Å². The summed E-state index contributed by atoms with van der Waals surface area (Å²) in [7, 11) is 1.65. The van der Waals surface area contributed by atoms with Gasteiger partial charge < -0.3 is 9.36 Å². The van der Waals surface area contributed by atoms with Crippen molar-refractivity contribution in [3.8, 4) is 11.4 Å². The Morgan fingerprint density at radius 2 is 1.85 bits per heavy atom. The molecule has 0 N–H and O–H groups in total. The smallest absolute Gasteiger partial charge is 0.348 e. The molecule has 10 heteroatoms. The average molecular weight is 373 g/mol. The van der Waals surface area contributed by atoms with Crippen LogP contribution >= 0.6 is 11.6 Å². The van der Waals surface area contributed by atoms with Crippen LogP contribution in [0.15, 0.2) is 41.1 Å². The highest BCUT2D eigenvalue weighted by atomic mass is 35.5. The van der Waals surface area contributed by atoms with Crippen molar-refractivity contribution in [1.82, 2.24) is 20.0 Å². The summed E-state index contributed by atoms with van der Waals surface area (Å²) in [5.74, 6) is -2.80. The highest BCUT2D eigenvalue weighted by molar-refractivity contribution is 6.32. The number of rotatable bonds is 3. The molecule has 3 heterocycles. The van der Waals surface area contributed by atoms with Gasteiger partial charge in [0.15, 0.2) is 0 Å². The van der Waals surface area contributed by atoms with Crippen molar-refractivity contribution in [3.63, 3.8) is 0 Å². The van der Waals surface area contributed by atoms with Crippen molar-refractivity contribution in [1.29, 1.82) is 0 Å². The van der Waals surface area contributed by atoms with Gasteiger partial charge >= 0.3 is 5.97 Å². The van der Waals surface area contributed by atoms with Crippen LogP contribution in [-0.2, 0) is 11.9 Å². The molecule has 1 aromatic carbocycles. The molecule has 0 radical (unpaired) electrons. The first kappa shape index (κ1) is 16.0. The van der Waals surface area contributed by atoms with Gasteiger partial charge in [0.05, 0.1) is 22.3 Å². The molecule has 26 heavy (non-hydrogen) atoms. The van der Waals surface area contributed by atoms with E-state index in [1.807, 2.05) is 0 Å². The van der Waals surface area contributed by atoms with E-state index in [0.717, 1.165) is 0 Å². The number of nitrogens with zero attached hydrogens (tertiary/aromatic N) is 4. The monoisotopic (exact) mass is 372 g/mol. The lowest BCUT2D eigenvalue weighted by Crippen LogP contribution is -2.32. The molecule has 1 aliphatic heterocycles. The van der Waals surface area contributed by atoms with Gasteiger partial charge in [-0.2, -0.15) is 5.10 Å². The summed E-state index contributed by atoms with van der Waals surface area (Å²) in [6, 6.07) is 7.44. The molecule has 3 aromatic rings. The van der Waals surface area contributed by atoms with Crippen molar-refractivity contribution < 1.29 is 23.7 Å². The van der Waals surface area contributed by atoms with Crippen LogP contribution in [0.25, 0.3) is 11.4 Å². The van der Waals surface area contributed by atoms with Crippen molar-refractivity contribution in [3.05, 3.63) is 58.4 Å². The van der Waals surface area contributed by atoms with Gasteiger partial charge in [0.25, 0.3) is 11.8 Å². The van der Waals surface area contributed by atoms with Crippen LogP contribution in [0.3, 0.4) is 0 Å². The zero-order chi connectivity index (χ0) is 18.4. The van der Waals surface area contributed by atoms with Crippen molar-refractivity contribution in [2.45, 2.75) is 0 Å². The lowest BCUT2D eigenvalue weighted by atomic mass is 10.1. The van der Waals surface area contributed by atoms with Crippen LogP contribution in [-0.4, -0.2) is 37.8 Å². The van der Waals surface area contributed by atoms with Crippen LogP contribution in [0.4, 0.5) is 0 Å². The van der Waals surface area contributed by atoms with Gasteiger partial charge in [-0.15, -0.1) is 0 Å². The Kier molecular flexibility index (Phi) is 3.58. The number of hydrogen-bond acceptors (Lipinski definition) is 7. The van der Waals surface area contributed by atoms with Crippen molar-refractivity contribution in [2.75, 3.05) is 0 Å². The van der Waals surface area contributed by atoms with E-state index >= 15 is 0 Å². The third kappa shape index (κ3) is 2.37. The van der Waals surface area contributed by atoms with E-state index in [4.69, 9.17) is 21.0 Å². The number of hydroxylamine groups is 2. The first-order valence-electron chi connectivity index (χ1n) is 7.32. The molecule has 4 rings (SSSR count). The summed E-state index contributed by atoms with van der Waals surface area (Å²) in [5.41, 5.74) is 1.01. The number of aromatic nitrogens is 3. The van der Waals surface area contributed by atoms with Gasteiger partial charge in [-0.25, -0.2) is 4.79 Å². The van der Waals surface area contributed by atoms with Crippen molar-refractivity contribution in [2.24, 2.45) is 7.05 Å². The SMILES string of the molecule is Cn1ncc(Cl)c1-c1cc(C(=O)ON2C(=O)c3ccccc3C2=O)on1. The topological polar surface area (TPSA) is 108 Å². The molecule has 130 valence electrons. The summed E-state index contributed by atoms with van der Waals surface area (Å²) in [5, 5.41) is 8.42. The van der Waals surface area contributed by atoms with E-state index in [1.165, 1.54) is 29.1 Å². The number of hydrogen-bond donors (Lipinski definition) is 0. The first-order valence-corrected chi connectivity index (χ1v) is 7.70. The minimum Gasteiger partial charge on any atom is -0.348 e. The molecule has 0 saturated heterocycles. The first-order chi connectivity index (χ1) is 12.5. The minimum absolute atomic E-state index is 0.158. The van der Waals surface area contributed by atoms with Crippen LogP contribution in [0.2, 0.25) is 5.02 Å². The molecule has 0 atom stereocenters. The van der Waals surface area contributed by atoms with Gasteiger partial charge in [0.2, 0.25) is 5.76 Å². The summed E-state index contributed by atoms with van der Waals surface area (Å²) < 4.78 is 6.40. The molecule has 0 unspecified atom stereocenters. The minimum atomic E-state index is -1.04. The molecule has 0 fully saturated rings. The predicted octanol–water partition coefficient (Wildman–Crippen LogP) is 2.10. The average Bonchev–Trinajstić information content (AvgIpc) is 3.30. The molecule has 2 amide bonds. The Morgan fingerprint density at radius 3 is 2.42 bits per heavy atom. The number of imide groups is 1. The van der Waals surface area contributed by atoms with Gasteiger partial charge in [0, 0.05) is 13.1 Å². The van der Waals surface area contributed by atoms with Gasteiger partial charge in [0.1, 0.15) is 11.4 Å². The number of halogens is 1. The number of carbonyl (C=O) groups excluding carboxylic acids is 3. The van der Waals surface area contributed by atoms with E-state index in [-0.39, 0.29) is 22.6 Å². The fourth-order valence-electron chi connectivity index (χ4n) is 2.56. The Balaban J connectivity index is 1.57. The normalized spacial score (nSPS) is 13.2. The van der Waals surface area contributed by atoms with Crippen molar-refractivity contribution >= 4 is 29.4 Å². The predicted molar refractivity (Wildman–Crippen MR) is 86.1 cm³/mol. The maximum atomic E-state index is 12.2.